The maximum Gasteiger partial charge on any atom is 0.305 e. The number of furan rings is 1. The Morgan fingerprint density at radius 3 is 2.59 bits per heavy atom. The van der Waals surface area contributed by atoms with Gasteiger partial charge in [0.05, 0.1) is 32.5 Å². The van der Waals surface area contributed by atoms with Crippen molar-refractivity contribution in [1.29, 1.82) is 0 Å². The number of esters is 1. The number of carbonyl (C=O) groups excluding carboxylic acids is 1. The van der Waals surface area contributed by atoms with Crippen LogP contribution in [0.3, 0.4) is 0 Å². The first-order valence-corrected chi connectivity index (χ1v) is 9.02. The van der Waals surface area contributed by atoms with Gasteiger partial charge in [-0.25, -0.2) is 0 Å². The minimum atomic E-state index is -1.58. The minimum absolute atomic E-state index is 0.0429. The van der Waals surface area contributed by atoms with E-state index in [0.717, 1.165) is 0 Å². The number of ether oxygens (including phenoxy) is 4. The van der Waals surface area contributed by atoms with Crippen molar-refractivity contribution in [3.8, 4) is 11.5 Å². The third-order valence-electron chi connectivity index (χ3n) is 4.88. The molecule has 0 unspecified atom stereocenters. The third kappa shape index (κ3) is 4.16. The first kappa shape index (κ1) is 21.3. The van der Waals surface area contributed by atoms with Crippen LogP contribution in [0.25, 0.3) is 11.0 Å². The van der Waals surface area contributed by atoms with Crippen LogP contribution in [0.4, 0.5) is 0 Å². The molecule has 160 valence electrons. The van der Waals surface area contributed by atoms with Gasteiger partial charge < -0.3 is 43.8 Å². The summed E-state index contributed by atoms with van der Waals surface area (Å²) in [5.74, 6) is 0.176. The molecule has 0 bridgehead atoms. The van der Waals surface area contributed by atoms with E-state index >= 15 is 0 Å². The van der Waals surface area contributed by atoms with Crippen LogP contribution in [0.1, 0.15) is 12.0 Å². The molecule has 5 atom stereocenters. The zero-order valence-corrected chi connectivity index (χ0v) is 16.0. The second kappa shape index (κ2) is 8.97. The molecule has 10 heteroatoms. The molecule has 1 fully saturated rings. The van der Waals surface area contributed by atoms with Crippen molar-refractivity contribution in [2.24, 2.45) is 0 Å². The number of fused-ring (bicyclic) bond motifs is 1. The lowest BCUT2D eigenvalue weighted by atomic mass is 9.99. The Labute approximate surface area is 166 Å². The average Bonchev–Trinajstić information content (AvgIpc) is 3.19. The van der Waals surface area contributed by atoms with E-state index in [-0.39, 0.29) is 18.6 Å². The van der Waals surface area contributed by atoms with Crippen molar-refractivity contribution in [2.45, 2.75) is 43.5 Å². The summed E-state index contributed by atoms with van der Waals surface area (Å²) in [4.78, 5) is 11.6. The smallest absolute Gasteiger partial charge is 0.305 e. The lowest BCUT2D eigenvalue weighted by Gasteiger charge is -2.39. The van der Waals surface area contributed by atoms with Crippen molar-refractivity contribution in [1.82, 2.24) is 0 Å². The predicted octanol–water partition coefficient (Wildman–Crippen LogP) is -0.274. The molecule has 0 amide bonds. The van der Waals surface area contributed by atoms with Crippen LogP contribution in [0.5, 0.6) is 11.5 Å². The summed E-state index contributed by atoms with van der Waals surface area (Å²) in [7, 11) is 2.74. The fraction of sp³-hybridized carbons (Fsp3) is 0.526. The molecule has 1 saturated heterocycles. The lowest BCUT2D eigenvalue weighted by molar-refractivity contribution is -0.277. The van der Waals surface area contributed by atoms with Crippen molar-refractivity contribution in [3.05, 3.63) is 24.0 Å². The molecule has 0 aliphatic carbocycles. The highest BCUT2D eigenvalue weighted by molar-refractivity contribution is 5.88. The maximum atomic E-state index is 11.6. The molecule has 4 N–H and O–H groups in total. The van der Waals surface area contributed by atoms with Crippen molar-refractivity contribution in [2.75, 3.05) is 20.8 Å². The van der Waals surface area contributed by atoms with Crippen LogP contribution in [0, 0.1) is 0 Å². The molecule has 1 aliphatic rings. The molecule has 10 nitrogen and oxygen atoms in total. The molecule has 0 spiro atoms. The van der Waals surface area contributed by atoms with E-state index in [9.17, 15) is 25.2 Å². The molecule has 1 aromatic heterocycles. The number of aliphatic hydroxyl groups is 4. The second-order valence-corrected chi connectivity index (χ2v) is 6.61. The van der Waals surface area contributed by atoms with Crippen molar-refractivity contribution in [3.63, 3.8) is 0 Å². The van der Waals surface area contributed by atoms with Gasteiger partial charge in [-0.2, -0.15) is 0 Å². The maximum absolute atomic E-state index is 11.6. The van der Waals surface area contributed by atoms with Gasteiger partial charge >= 0.3 is 5.97 Å². The Morgan fingerprint density at radius 1 is 1.17 bits per heavy atom. The number of hydrogen-bond acceptors (Lipinski definition) is 10. The number of aliphatic hydroxyl groups excluding tert-OH is 4. The Bertz CT molecular complexity index is 845. The van der Waals surface area contributed by atoms with E-state index in [1.54, 1.807) is 12.1 Å². The zero-order chi connectivity index (χ0) is 21.1. The van der Waals surface area contributed by atoms with Crippen LogP contribution in [-0.4, -0.2) is 77.9 Å². The summed E-state index contributed by atoms with van der Waals surface area (Å²) < 4.78 is 26.8. The number of hydrogen-bond donors (Lipinski definition) is 4. The van der Waals surface area contributed by atoms with Crippen LogP contribution in [-0.2, 0) is 20.7 Å². The second-order valence-electron chi connectivity index (χ2n) is 6.61. The highest BCUT2D eigenvalue weighted by atomic mass is 16.7. The van der Waals surface area contributed by atoms with E-state index in [1.165, 1.54) is 20.5 Å². The highest BCUT2D eigenvalue weighted by Crippen LogP contribution is 2.39. The van der Waals surface area contributed by atoms with E-state index in [2.05, 4.69) is 4.74 Å². The summed E-state index contributed by atoms with van der Waals surface area (Å²) >= 11 is 0. The van der Waals surface area contributed by atoms with Gasteiger partial charge in [-0.05, 0) is 12.5 Å². The molecular weight excluding hydrogens is 388 g/mol. The van der Waals surface area contributed by atoms with E-state index < -0.39 is 43.3 Å². The topological polar surface area (TPSA) is 148 Å². The quantitative estimate of drug-likeness (QED) is 0.448. The zero-order valence-electron chi connectivity index (χ0n) is 16.0. The molecular formula is C19H24O10. The first-order chi connectivity index (χ1) is 13.9. The molecule has 3 rings (SSSR count). The molecule has 2 aromatic rings. The van der Waals surface area contributed by atoms with Crippen LogP contribution in [0.2, 0.25) is 0 Å². The van der Waals surface area contributed by atoms with Gasteiger partial charge in [-0.3, -0.25) is 4.79 Å². The number of benzene rings is 1. The van der Waals surface area contributed by atoms with Gasteiger partial charge in [0.2, 0.25) is 6.29 Å². The van der Waals surface area contributed by atoms with E-state index in [1.807, 2.05) is 0 Å². The summed E-state index contributed by atoms with van der Waals surface area (Å²) in [6.45, 7) is -0.583. The summed E-state index contributed by atoms with van der Waals surface area (Å²) in [5, 5.41) is 40.2. The monoisotopic (exact) mass is 412 g/mol. The number of carbonyl (C=O) groups is 1. The molecule has 1 aromatic carbocycles. The van der Waals surface area contributed by atoms with Gasteiger partial charge in [0.1, 0.15) is 41.5 Å². The van der Waals surface area contributed by atoms with Crippen molar-refractivity contribution >= 4 is 16.9 Å². The molecule has 0 radical (unpaired) electrons. The summed E-state index contributed by atoms with van der Waals surface area (Å²) in [5.41, 5.74) is 0.937. The predicted molar refractivity (Wildman–Crippen MR) is 97.5 cm³/mol. The Hall–Kier alpha value is -2.37. The van der Waals surface area contributed by atoms with Gasteiger partial charge in [0.15, 0.2) is 0 Å². The highest BCUT2D eigenvalue weighted by Gasteiger charge is 2.45. The Kier molecular flexibility index (Phi) is 6.60. The fourth-order valence-corrected chi connectivity index (χ4v) is 3.30. The number of methoxy groups -OCH3 is 2. The summed E-state index contributed by atoms with van der Waals surface area (Å²) in [6.07, 6.45) is -5.47. The largest absolute Gasteiger partial charge is 0.496 e. The first-order valence-electron chi connectivity index (χ1n) is 9.02. The van der Waals surface area contributed by atoms with Crippen LogP contribution < -0.4 is 9.47 Å². The fourth-order valence-electron chi connectivity index (χ4n) is 3.30. The number of rotatable bonds is 7. The van der Waals surface area contributed by atoms with Crippen LogP contribution in [0.15, 0.2) is 22.8 Å². The molecule has 2 heterocycles. The Balaban J connectivity index is 1.97. The SMILES string of the molecule is COC(=O)CCc1c(O[C@@H]2O[C@H](CO)[C@@H](O)[C@H](O)[C@H]2O)cc2occc2c1OC. The standard InChI is InChI=1S/C19H24O10/c1-25-14(21)4-3-9-12(7-11-10(5-6-27-11)18(9)26-2)28-19-17(24)16(23)15(22)13(8-20)29-19/h5-7,13,15-17,19-20,22-24H,3-4,8H2,1-2H3/t13-,15-,16+,17-,19-/m1/s1. The lowest BCUT2D eigenvalue weighted by Crippen LogP contribution is -2.60. The van der Waals surface area contributed by atoms with Crippen LogP contribution >= 0.6 is 0 Å². The normalized spacial score (nSPS) is 27.0. The van der Waals surface area contributed by atoms with Crippen molar-refractivity contribution < 1.29 is 48.6 Å². The molecule has 0 saturated carbocycles. The third-order valence-corrected chi connectivity index (χ3v) is 4.88. The average molecular weight is 412 g/mol. The van der Waals surface area contributed by atoms with E-state index in [0.29, 0.717) is 22.3 Å². The van der Waals surface area contributed by atoms with Gasteiger partial charge in [-0.1, -0.05) is 0 Å². The van der Waals surface area contributed by atoms with Gasteiger partial charge in [0.25, 0.3) is 0 Å². The van der Waals surface area contributed by atoms with Gasteiger partial charge in [-0.15, -0.1) is 0 Å². The molecule has 1 aliphatic heterocycles. The molecule has 29 heavy (non-hydrogen) atoms. The van der Waals surface area contributed by atoms with Gasteiger partial charge in [0, 0.05) is 18.1 Å². The van der Waals surface area contributed by atoms with E-state index in [4.69, 9.17) is 18.6 Å². The Morgan fingerprint density at radius 2 is 1.93 bits per heavy atom. The summed E-state index contributed by atoms with van der Waals surface area (Å²) in [6, 6.07) is 3.25. The minimum Gasteiger partial charge on any atom is -0.496 e.